The van der Waals surface area contributed by atoms with Crippen LogP contribution in [0.2, 0.25) is 0 Å². The zero-order valence-electron chi connectivity index (χ0n) is 19.2. The van der Waals surface area contributed by atoms with Crippen LogP contribution >= 0.6 is 0 Å². The number of benzene rings is 2. The van der Waals surface area contributed by atoms with Gasteiger partial charge in [-0.1, -0.05) is 80.3 Å². The van der Waals surface area contributed by atoms with Crippen molar-refractivity contribution in [3.8, 4) is 0 Å². The summed E-state index contributed by atoms with van der Waals surface area (Å²) in [5, 5.41) is 3.24. The monoisotopic (exact) mass is 420 g/mol. The number of rotatable bonds is 8. The Balaban J connectivity index is 1.81. The highest BCUT2D eigenvalue weighted by Crippen LogP contribution is 2.20. The molecule has 0 aliphatic heterocycles. The van der Waals surface area contributed by atoms with Crippen molar-refractivity contribution in [2.45, 2.75) is 84.3 Å². The molecule has 1 atom stereocenters. The predicted octanol–water partition coefficient (Wildman–Crippen LogP) is 5.10. The molecule has 0 bridgehead atoms. The van der Waals surface area contributed by atoms with Crippen LogP contribution < -0.4 is 5.32 Å². The lowest BCUT2D eigenvalue weighted by molar-refractivity contribution is -0.141. The van der Waals surface area contributed by atoms with E-state index in [1.807, 2.05) is 56.3 Å². The van der Waals surface area contributed by atoms with E-state index in [4.69, 9.17) is 0 Å². The molecule has 0 spiro atoms. The fraction of sp³-hybridized carbons (Fsp3) is 0.481. The number of hydrogen-bond donors (Lipinski definition) is 1. The quantitative estimate of drug-likeness (QED) is 0.646. The lowest BCUT2D eigenvalue weighted by atomic mass is 9.95. The number of hydrogen-bond acceptors (Lipinski definition) is 2. The highest BCUT2D eigenvalue weighted by molar-refractivity contribution is 5.88. The van der Waals surface area contributed by atoms with E-state index in [9.17, 15) is 9.59 Å². The smallest absolute Gasteiger partial charge is 0.243 e. The number of amides is 2. The van der Waals surface area contributed by atoms with Crippen molar-refractivity contribution >= 4 is 11.8 Å². The number of aryl methyl sites for hydroxylation is 2. The van der Waals surface area contributed by atoms with Crippen molar-refractivity contribution in [3.63, 3.8) is 0 Å². The summed E-state index contributed by atoms with van der Waals surface area (Å²) in [6.45, 7) is 6.54. The summed E-state index contributed by atoms with van der Waals surface area (Å²) < 4.78 is 0. The summed E-state index contributed by atoms with van der Waals surface area (Å²) in [5.74, 6) is -0.0157. The topological polar surface area (TPSA) is 49.4 Å². The van der Waals surface area contributed by atoms with Crippen LogP contribution in [0.3, 0.4) is 0 Å². The molecule has 31 heavy (non-hydrogen) atoms. The van der Waals surface area contributed by atoms with Gasteiger partial charge in [0.1, 0.15) is 6.04 Å². The maximum Gasteiger partial charge on any atom is 0.243 e. The van der Waals surface area contributed by atoms with E-state index in [1.54, 1.807) is 4.90 Å². The molecule has 2 amide bonds. The van der Waals surface area contributed by atoms with Crippen LogP contribution in [0.15, 0.2) is 48.5 Å². The lowest BCUT2D eigenvalue weighted by Gasteiger charge is -2.33. The molecule has 0 saturated heterocycles. The Labute approximate surface area is 187 Å². The average molecular weight is 421 g/mol. The number of carbonyl (C=O) groups excluding carboxylic acids is 2. The van der Waals surface area contributed by atoms with Gasteiger partial charge < -0.3 is 10.2 Å². The number of nitrogens with zero attached hydrogens (tertiary/aromatic N) is 1. The van der Waals surface area contributed by atoms with Crippen molar-refractivity contribution in [2.24, 2.45) is 0 Å². The molecule has 4 heteroatoms. The Bertz CT molecular complexity index is 869. The molecule has 0 aromatic heterocycles. The fourth-order valence-electron chi connectivity index (χ4n) is 4.42. The van der Waals surface area contributed by atoms with E-state index >= 15 is 0 Å². The molecular weight excluding hydrogens is 384 g/mol. The van der Waals surface area contributed by atoms with Crippen LogP contribution in [0.5, 0.6) is 0 Å². The predicted molar refractivity (Wildman–Crippen MR) is 126 cm³/mol. The number of nitrogens with one attached hydrogen (secondary N) is 1. The van der Waals surface area contributed by atoms with Crippen molar-refractivity contribution in [3.05, 3.63) is 70.8 Å². The van der Waals surface area contributed by atoms with E-state index in [-0.39, 0.29) is 17.9 Å². The van der Waals surface area contributed by atoms with Gasteiger partial charge in [-0.05, 0) is 49.8 Å². The van der Waals surface area contributed by atoms with Crippen molar-refractivity contribution in [1.82, 2.24) is 10.2 Å². The Hall–Kier alpha value is -2.62. The Kier molecular flexibility index (Phi) is 8.27. The third-order valence-corrected chi connectivity index (χ3v) is 6.42. The summed E-state index contributed by atoms with van der Waals surface area (Å²) >= 11 is 0. The molecule has 2 aromatic rings. The molecule has 166 valence electrons. The van der Waals surface area contributed by atoms with Crippen LogP contribution in [0.25, 0.3) is 0 Å². The summed E-state index contributed by atoms with van der Waals surface area (Å²) in [4.78, 5) is 28.5. The van der Waals surface area contributed by atoms with Gasteiger partial charge in [0.05, 0.1) is 6.42 Å². The molecule has 1 N–H and O–H groups in total. The molecule has 2 aromatic carbocycles. The minimum atomic E-state index is -0.459. The largest absolute Gasteiger partial charge is 0.352 e. The highest BCUT2D eigenvalue weighted by atomic mass is 16.2. The molecule has 0 radical (unpaired) electrons. The van der Waals surface area contributed by atoms with Crippen LogP contribution in [0, 0.1) is 13.8 Å². The molecule has 0 heterocycles. The Morgan fingerprint density at radius 1 is 1.00 bits per heavy atom. The molecular formula is C27H36N2O2. The molecule has 1 unspecified atom stereocenters. The fourth-order valence-corrected chi connectivity index (χ4v) is 4.42. The van der Waals surface area contributed by atoms with Gasteiger partial charge in [0, 0.05) is 12.6 Å². The number of carbonyl (C=O) groups is 2. The van der Waals surface area contributed by atoms with Crippen LogP contribution in [0.1, 0.15) is 67.7 Å². The van der Waals surface area contributed by atoms with Gasteiger partial charge in [-0.3, -0.25) is 9.59 Å². The van der Waals surface area contributed by atoms with Gasteiger partial charge in [0.15, 0.2) is 0 Å². The van der Waals surface area contributed by atoms with Gasteiger partial charge in [-0.2, -0.15) is 0 Å². The summed E-state index contributed by atoms with van der Waals surface area (Å²) in [6, 6.07) is 15.9. The van der Waals surface area contributed by atoms with Crippen molar-refractivity contribution < 1.29 is 9.59 Å². The third kappa shape index (κ3) is 6.43. The second-order valence-electron chi connectivity index (χ2n) is 8.88. The van der Waals surface area contributed by atoms with Crippen molar-refractivity contribution in [1.29, 1.82) is 0 Å². The second-order valence-corrected chi connectivity index (χ2v) is 8.88. The van der Waals surface area contributed by atoms with E-state index in [0.717, 1.165) is 29.5 Å². The van der Waals surface area contributed by atoms with E-state index in [1.165, 1.54) is 24.8 Å². The van der Waals surface area contributed by atoms with Crippen LogP contribution in [-0.4, -0.2) is 28.8 Å². The zero-order valence-corrected chi connectivity index (χ0v) is 19.2. The lowest BCUT2D eigenvalue weighted by Crippen LogP contribution is -2.52. The molecule has 1 aliphatic carbocycles. The Morgan fingerprint density at radius 3 is 2.32 bits per heavy atom. The van der Waals surface area contributed by atoms with Gasteiger partial charge >= 0.3 is 0 Å². The Morgan fingerprint density at radius 2 is 1.68 bits per heavy atom. The third-order valence-electron chi connectivity index (χ3n) is 6.42. The molecule has 1 aliphatic rings. The SMILES string of the molecule is CCC(C(=O)NC1CCCCC1)N(Cc1ccccc1C)C(=O)Cc1ccc(C)cc1. The summed E-state index contributed by atoms with van der Waals surface area (Å²) in [5.41, 5.74) is 4.38. The maximum atomic E-state index is 13.5. The maximum absolute atomic E-state index is 13.5. The molecule has 3 rings (SSSR count). The first-order valence-corrected chi connectivity index (χ1v) is 11.7. The first-order valence-electron chi connectivity index (χ1n) is 11.7. The summed E-state index contributed by atoms with van der Waals surface area (Å²) in [6.07, 6.45) is 6.57. The van der Waals surface area contributed by atoms with E-state index < -0.39 is 6.04 Å². The standard InChI is InChI=1S/C27H36N2O2/c1-4-25(27(31)28-24-12-6-5-7-13-24)29(19-23-11-9-8-10-21(23)3)26(30)18-22-16-14-20(2)15-17-22/h8-11,14-17,24-25H,4-7,12-13,18-19H2,1-3H3,(H,28,31). The normalized spacial score (nSPS) is 15.3. The molecule has 1 saturated carbocycles. The minimum Gasteiger partial charge on any atom is -0.352 e. The van der Waals surface area contributed by atoms with E-state index in [2.05, 4.69) is 18.3 Å². The average Bonchev–Trinajstić information content (AvgIpc) is 2.77. The zero-order chi connectivity index (χ0) is 22.2. The van der Waals surface area contributed by atoms with E-state index in [0.29, 0.717) is 19.4 Å². The summed E-state index contributed by atoms with van der Waals surface area (Å²) in [7, 11) is 0. The van der Waals surface area contributed by atoms with Crippen LogP contribution in [-0.2, 0) is 22.6 Å². The molecule has 1 fully saturated rings. The van der Waals surface area contributed by atoms with Gasteiger partial charge in [-0.15, -0.1) is 0 Å². The minimum absolute atomic E-state index is 0.00208. The first kappa shape index (κ1) is 23.1. The second kappa shape index (κ2) is 11.1. The first-order chi connectivity index (χ1) is 15.0. The van der Waals surface area contributed by atoms with Gasteiger partial charge in [0.25, 0.3) is 0 Å². The molecule has 4 nitrogen and oxygen atoms in total. The van der Waals surface area contributed by atoms with Crippen LogP contribution in [0.4, 0.5) is 0 Å². The highest BCUT2D eigenvalue weighted by Gasteiger charge is 2.30. The van der Waals surface area contributed by atoms with Crippen molar-refractivity contribution in [2.75, 3.05) is 0 Å². The van der Waals surface area contributed by atoms with Gasteiger partial charge in [-0.25, -0.2) is 0 Å². The van der Waals surface area contributed by atoms with Gasteiger partial charge in [0.2, 0.25) is 11.8 Å².